The van der Waals surface area contributed by atoms with Gasteiger partial charge in [0.25, 0.3) is 0 Å². The molecule has 2 aromatic rings. The molecule has 1 aromatic heterocycles. The lowest BCUT2D eigenvalue weighted by Gasteiger charge is -1.95. The smallest absolute Gasteiger partial charge is 0.346 e. The van der Waals surface area contributed by atoms with Gasteiger partial charge in [0.15, 0.2) is 0 Å². The second kappa shape index (κ2) is 4.12. The number of halogens is 2. The molecule has 5 heteroatoms. The van der Waals surface area contributed by atoms with Crippen LogP contribution in [0.15, 0.2) is 18.2 Å². The van der Waals surface area contributed by atoms with Crippen molar-refractivity contribution < 1.29 is 9.90 Å². The molecule has 78 valence electrons. The first kappa shape index (κ1) is 10.9. The van der Waals surface area contributed by atoms with Crippen LogP contribution < -0.4 is 0 Å². The highest BCUT2D eigenvalue weighted by atomic mass is 79.9. The molecule has 1 N–H and O–H groups in total. The Kier molecular flexibility index (Phi) is 3.00. The Bertz CT molecular complexity index is 535. The van der Waals surface area contributed by atoms with Crippen molar-refractivity contribution in [2.24, 2.45) is 0 Å². The molecule has 1 aromatic carbocycles. The van der Waals surface area contributed by atoms with Crippen molar-refractivity contribution in [3.63, 3.8) is 0 Å². The molecule has 15 heavy (non-hydrogen) atoms. The molecule has 0 aliphatic rings. The summed E-state index contributed by atoms with van der Waals surface area (Å²) in [6.45, 7) is 0. The summed E-state index contributed by atoms with van der Waals surface area (Å²) in [5.41, 5.74) is 0.796. The third-order valence-corrected chi connectivity index (χ3v) is 4.36. The van der Waals surface area contributed by atoms with Crippen LogP contribution in [0.1, 0.15) is 15.2 Å². The topological polar surface area (TPSA) is 37.3 Å². The lowest BCUT2D eigenvalue weighted by atomic mass is 10.1. The highest BCUT2D eigenvalue weighted by molar-refractivity contribution is 9.08. The van der Waals surface area contributed by atoms with E-state index in [0.717, 1.165) is 15.6 Å². The van der Waals surface area contributed by atoms with Crippen molar-refractivity contribution in [3.05, 3.63) is 33.7 Å². The van der Waals surface area contributed by atoms with Crippen LogP contribution in [0, 0.1) is 0 Å². The molecule has 0 atom stereocenters. The normalized spacial score (nSPS) is 10.8. The minimum atomic E-state index is -0.901. The molecule has 0 amide bonds. The Morgan fingerprint density at radius 2 is 2.27 bits per heavy atom. The number of carboxylic acid groups (broad SMARTS) is 1. The molecule has 0 saturated carbocycles. The van der Waals surface area contributed by atoms with Gasteiger partial charge < -0.3 is 5.11 Å². The second-order valence-electron chi connectivity index (χ2n) is 2.97. The number of rotatable bonds is 2. The number of hydrogen-bond acceptors (Lipinski definition) is 2. The molecule has 0 unspecified atom stereocenters. The first-order chi connectivity index (χ1) is 7.15. The van der Waals surface area contributed by atoms with E-state index in [4.69, 9.17) is 16.7 Å². The number of thiophene rings is 1. The van der Waals surface area contributed by atoms with Gasteiger partial charge in [0, 0.05) is 5.33 Å². The number of aromatic carboxylic acids is 1. The average Bonchev–Trinajstić information content (AvgIpc) is 2.57. The van der Waals surface area contributed by atoms with Gasteiger partial charge in [-0.05, 0) is 17.0 Å². The highest BCUT2D eigenvalue weighted by Crippen LogP contribution is 2.36. The molecule has 2 nitrogen and oxygen atoms in total. The maximum absolute atomic E-state index is 11.0. The summed E-state index contributed by atoms with van der Waals surface area (Å²) in [5, 5.41) is 11.1. The maximum atomic E-state index is 11.0. The van der Waals surface area contributed by atoms with E-state index < -0.39 is 5.97 Å². The largest absolute Gasteiger partial charge is 0.477 e. The standard InChI is InChI=1S/C10H6BrClO2S/c11-4-6-5-2-1-3-7(12)8(5)15-9(6)10(13)14/h1-3H,4H2,(H,13,14). The monoisotopic (exact) mass is 304 g/mol. The van der Waals surface area contributed by atoms with Crippen LogP contribution in [-0.2, 0) is 5.33 Å². The molecule has 0 radical (unpaired) electrons. The van der Waals surface area contributed by atoms with Crippen molar-refractivity contribution in [2.75, 3.05) is 0 Å². The SMILES string of the molecule is O=C(O)c1sc2c(Cl)cccc2c1CBr. The van der Waals surface area contributed by atoms with E-state index in [-0.39, 0.29) is 0 Å². The highest BCUT2D eigenvalue weighted by Gasteiger charge is 2.17. The number of alkyl halides is 1. The van der Waals surface area contributed by atoms with Gasteiger partial charge in [0.1, 0.15) is 4.88 Å². The zero-order chi connectivity index (χ0) is 11.0. The lowest BCUT2D eigenvalue weighted by molar-refractivity contribution is 0.0701. The van der Waals surface area contributed by atoms with Crippen LogP contribution in [-0.4, -0.2) is 11.1 Å². The first-order valence-electron chi connectivity index (χ1n) is 4.14. The number of carbonyl (C=O) groups is 1. The van der Waals surface area contributed by atoms with Crippen molar-refractivity contribution in [1.82, 2.24) is 0 Å². The zero-order valence-electron chi connectivity index (χ0n) is 7.46. The molecule has 0 spiro atoms. The molecule has 0 fully saturated rings. The van der Waals surface area contributed by atoms with Crippen LogP contribution in [0.4, 0.5) is 0 Å². The Hall–Kier alpha value is -0.580. The van der Waals surface area contributed by atoms with Gasteiger partial charge in [-0.2, -0.15) is 0 Å². The number of hydrogen-bond donors (Lipinski definition) is 1. The predicted molar refractivity (Wildman–Crippen MR) is 66.4 cm³/mol. The summed E-state index contributed by atoms with van der Waals surface area (Å²) in [6.07, 6.45) is 0. The fraction of sp³-hybridized carbons (Fsp3) is 0.100. The Morgan fingerprint density at radius 1 is 1.53 bits per heavy atom. The number of carboxylic acids is 1. The van der Waals surface area contributed by atoms with Gasteiger partial charge in [-0.15, -0.1) is 11.3 Å². The lowest BCUT2D eigenvalue weighted by Crippen LogP contribution is -1.95. The van der Waals surface area contributed by atoms with Gasteiger partial charge in [0.05, 0.1) is 9.72 Å². The van der Waals surface area contributed by atoms with Gasteiger partial charge in [-0.25, -0.2) is 4.79 Å². The van der Waals surface area contributed by atoms with Gasteiger partial charge >= 0.3 is 5.97 Å². The summed E-state index contributed by atoms with van der Waals surface area (Å²) >= 11 is 10.5. The average molecular weight is 306 g/mol. The van der Waals surface area contributed by atoms with E-state index >= 15 is 0 Å². The third-order valence-electron chi connectivity index (χ3n) is 2.10. The molecule has 0 aliphatic carbocycles. The van der Waals surface area contributed by atoms with Gasteiger partial charge in [-0.3, -0.25) is 0 Å². The molecular formula is C10H6BrClO2S. The van der Waals surface area contributed by atoms with Gasteiger partial charge in [0.2, 0.25) is 0 Å². The van der Waals surface area contributed by atoms with Crippen molar-refractivity contribution in [2.45, 2.75) is 5.33 Å². The van der Waals surface area contributed by atoms with Crippen LogP contribution in [0.25, 0.3) is 10.1 Å². The summed E-state index contributed by atoms with van der Waals surface area (Å²) in [6, 6.07) is 5.49. The van der Waals surface area contributed by atoms with Crippen molar-refractivity contribution in [1.29, 1.82) is 0 Å². The fourth-order valence-electron chi connectivity index (χ4n) is 1.44. The fourth-order valence-corrected chi connectivity index (χ4v) is 3.56. The van der Waals surface area contributed by atoms with Crippen LogP contribution in [0.3, 0.4) is 0 Å². The Morgan fingerprint density at radius 3 is 2.87 bits per heavy atom. The number of benzene rings is 1. The third kappa shape index (κ3) is 1.77. The zero-order valence-corrected chi connectivity index (χ0v) is 10.6. The summed E-state index contributed by atoms with van der Waals surface area (Å²) in [5.74, 6) is -0.901. The summed E-state index contributed by atoms with van der Waals surface area (Å²) in [7, 11) is 0. The predicted octanol–water partition coefficient (Wildman–Crippen LogP) is 4.15. The van der Waals surface area contributed by atoms with E-state index in [1.165, 1.54) is 11.3 Å². The second-order valence-corrected chi connectivity index (χ2v) is 4.95. The van der Waals surface area contributed by atoms with E-state index in [1.807, 2.05) is 12.1 Å². The van der Waals surface area contributed by atoms with E-state index in [0.29, 0.717) is 15.2 Å². The van der Waals surface area contributed by atoms with E-state index in [9.17, 15) is 4.79 Å². The molecule has 2 rings (SSSR count). The molecule has 0 bridgehead atoms. The van der Waals surface area contributed by atoms with Crippen molar-refractivity contribution >= 4 is 54.9 Å². The molecule has 0 aliphatic heterocycles. The molecular weight excluding hydrogens is 300 g/mol. The van der Waals surface area contributed by atoms with E-state index in [1.54, 1.807) is 6.07 Å². The maximum Gasteiger partial charge on any atom is 0.346 e. The molecule has 1 heterocycles. The minimum Gasteiger partial charge on any atom is -0.477 e. The van der Waals surface area contributed by atoms with Crippen LogP contribution >= 0.6 is 38.9 Å². The summed E-state index contributed by atoms with van der Waals surface area (Å²) < 4.78 is 0.839. The number of fused-ring (bicyclic) bond motifs is 1. The van der Waals surface area contributed by atoms with Gasteiger partial charge in [-0.1, -0.05) is 39.7 Å². The Labute approximate surface area is 104 Å². The summed E-state index contributed by atoms with van der Waals surface area (Å²) in [4.78, 5) is 11.4. The first-order valence-corrected chi connectivity index (χ1v) is 6.46. The Balaban J connectivity index is 2.84. The van der Waals surface area contributed by atoms with E-state index in [2.05, 4.69) is 15.9 Å². The van der Waals surface area contributed by atoms with Crippen LogP contribution in [0.2, 0.25) is 5.02 Å². The molecule has 0 saturated heterocycles. The minimum absolute atomic E-state index is 0.356. The van der Waals surface area contributed by atoms with Crippen LogP contribution in [0.5, 0.6) is 0 Å². The quantitative estimate of drug-likeness (QED) is 0.846. The van der Waals surface area contributed by atoms with Crippen molar-refractivity contribution in [3.8, 4) is 0 Å².